The average Bonchev–Trinajstić information content (AvgIpc) is 2.90. The molecule has 0 aliphatic heterocycles. The van der Waals surface area contributed by atoms with Gasteiger partial charge in [0.2, 0.25) is 5.76 Å². The van der Waals surface area contributed by atoms with Crippen LogP contribution >= 0.6 is 11.6 Å². The fraction of sp³-hybridized carbons (Fsp3) is 0.133. The summed E-state index contributed by atoms with van der Waals surface area (Å²) in [6.45, 7) is 0. The summed E-state index contributed by atoms with van der Waals surface area (Å²) in [6, 6.07) is 10.8. The SMILES string of the molecule is O=C(O)c1ccc(-c2ccc(C=CCCCl)cc2)o1. The van der Waals surface area contributed by atoms with Gasteiger partial charge in [-0.3, -0.25) is 0 Å². The topological polar surface area (TPSA) is 50.4 Å². The Morgan fingerprint density at radius 3 is 2.53 bits per heavy atom. The number of furan rings is 1. The van der Waals surface area contributed by atoms with Gasteiger partial charge in [0, 0.05) is 11.4 Å². The Bertz CT molecular complexity index is 582. The lowest BCUT2D eigenvalue weighted by Gasteiger charge is -1.98. The summed E-state index contributed by atoms with van der Waals surface area (Å²) in [6.07, 6.45) is 4.85. The quantitative estimate of drug-likeness (QED) is 0.829. The van der Waals surface area contributed by atoms with Gasteiger partial charge in [0.25, 0.3) is 0 Å². The van der Waals surface area contributed by atoms with Gasteiger partial charge in [-0.15, -0.1) is 11.6 Å². The van der Waals surface area contributed by atoms with Gasteiger partial charge in [-0.25, -0.2) is 4.79 Å². The monoisotopic (exact) mass is 276 g/mol. The van der Waals surface area contributed by atoms with Crippen molar-refractivity contribution in [1.82, 2.24) is 0 Å². The molecule has 1 heterocycles. The largest absolute Gasteiger partial charge is 0.475 e. The Labute approximate surface area is 116 Å². The second-order valence-corrected chi connectivity index (χ2v) is 4.35. The number of aromatic carboxylic acids is 1. The number of carboxylic acid groups (broad SMARTS) is 1. The van der Waals surface area contributed by atoms with E-state index in [0.29, 0.717) is 11.6 Å². The van der Waals surface area contributed by atoms with Crippen molar-refractivity contribution in [2.45, 2.75) is 6.42 Å². The molecule has 0 unspecified atom stereocenters. The van der Waals surface area contributed by atoms with Crippen molar-refractivity contribution >= 4 is 23.6 Å². The number of benzene rings is 1. The van der Waals surface area contributed by atoms with Crippen LogP contribution in [0, 0.1) is 0 Å². The van der Waals surface area contributed by atoms with Gasteiger partial charge >= 0.3 is 5.97 Å². The molecule has 0 aliphatic carbocycles. The highest BCUT2D eigenvalue weighted by Crippen LogP contribution is 2.23. The number of hydrogen-bond donors (Lipinski definition) is 1. The summed E-state index contributed by atoms with van der Waals surface area (Å²) in [7, 11) is 0. The van der Waals surface area contributed by atoms with Crippen molar-refractivity contribution < 1.29 is 14.3 Å². The number of halogens is 1. The zero-order valence-corrected chi connectivity index (χ0v) is 10.9. The molecule has 1 aromatic carbocycles. The minimum atomic E-state index is -1.06. The first-order valence-electron chi connectivity index (χ1n) is 5.87. The van der Waals surface area contributed by atoms with Crippen molar-refractivity contribution in [2.24, 2.45) is 0 Å². The van der Waals surface area contributed by atoms with Crippen LogP contribution in [0.15, 0.2) is 46.9 Å². The summed E-state index contributed by atoms with van der Waals surface area (Å²) in [4.78, 5) is 10.7. The molecule has 2 rings (SSSR count). The molecule has 98 valence electrons. The third-order valence-electron chi connectivity index (χ3n) is 2.60. The van der Waals surface area contributed by atoms with E-state index < -0.39 is 5.97 Å². The van der Waals surface area contributed by atoms with E-state index in [0.717, 1.165) is 17.5 Å². The maximum absolute atomic E-state index is 10.7. The first-order valence-corrected chi connectivity index (χ1v) is 6.40. The molecule has 2 aromatic rings. The second kappa shape index (κ2) is 6.25. The predicted molar refractivity (Wildman–Crippen MR) is 75.5 cm³/mol. The number of carboxylic acids is 1. The maximum Gasteiger partial charge on any atom is 0.371 e. The Balaban J connectivity index is 2.15. The van der Waals surface area contributed by atoms with Gasteiger partial charge < -0.3 is 9.52 Å². The van der Waals surface area contributed by atoms with Crippen molar-refractivity contribution in [1.29, 1.82) is 0 Å². The van der Waals surface area contributed by atoms with Crippen LogP contribution in [0.3, 0.4) is 0 Å². The van der Waals surface area contributed by atoms with Crippen LogP contribution in [0.1, 0.15) is 22.5 Å². The van der Waals surface area contributed by atoms with E-state index in [4.69, 9.17) is 21.1 Å². The first kappa shape index (κ1) is 13.4. The Morgan fingerprint density at radius 1 is 1.21 bits per heavy atom. The molecule has 0 radical (unpaired) electrons. The van der Waals surface area contributed by atoms with E-state index in [-0.39, 0.29) is 5.76 Å². The van der Waals surface area contributed by atoms with E-state index in [9.17, 15) is 4.79 Å². The molecule has 0 saturated heterocycles. The number of hydrogen-bond acceptors (Lipinski definition) is 2. The van der Waals surface area contributed by atoms with Gasteiger partial charge in [-0.05, 0) is 24.1 Å². The highest BCUT2D eigenvalue weighted by Gasteiger charge is 2.09. The molecule has 0 fully saturated rings. The number of carbonyl (C=O) groups is 1. The lowest BCUT2D eigenvalue weighted by molar-refractivity contribution is 0.0663. The molecule has 1 aromatic heterocycles. The molecule has 0 amide bonds. The summed E-state index contributed by atoms with van der Waals surface area (Å²) < 4.78 is 5.23. The molecule has 3 nitrogen and oxygen atoms in total. The number of alkyl halides is 1. The highest BCUT2D eigenvalue weighted by molar-refractivity contribution is 6.17. The van der Waals surface area contributed by atoms with Crippen LogP contribution in [0.2, 0.25) is 0 Å². The van der Waals surface area contributed by atoms with Crippen LogP contribution in [0.4, 0.5) is 0 Å². The minimum absolute atomic E-state index is 0.0546. The first-order chi connectivity index (χ1) is 9.20. The highest BCUT2D eigenvalue weighted by atomic mass is 35.5. The molecule has 0 spiro atoms. The fourth-order valence-electron chi connectivity index (χ4n) is 1.65. The molecule has 0 aliphatic rings. The molecule has 0 bridgehead atoms. The summed E-state index contributed by atoms with van der Waals surface area (Å²) in [5.74, 6) is 0.0421. The number of rotatable bonds is 5. The third kappa shape index (κ3) is 3.48. The van der Waals surface area contributed by atoms with E-state index >= 15 is 0 Å². The predicted octanol–water partition coefficient (Wildman–Crippen LogP) is 4.29. The van der Waals surface area contributed by atoms with Crippen LogP contribution in [0.25, 0.3) is 17.4 Å². The standard InChI is InChI=1S/C15H13ClO3/c16-10-2-1-3-11-4-6-12(7-5-11)13-8-9-14(19-13)15(17)18/h1,3-9H,2,10H2,(H,17,18). The lowest BCUT2D eigenvalue weighted by Crippen LogP contribution is -1.91. The van der Waals surface area contributed by atoms with E-state index in [2.05, 4.69) is 0 Å². The zero-order valence-electron chi connectivity index (χ0n) is 10.2. The molecular weight excluding hydrogens is 264 g/mol. The molecule has 19 heavy (non-hydrogen) atoms. The third-order valence-corrected chi connectivity index (χ3v) is 2.82. The van der Waals surface area contributed by atoms with Crippen molar-refractivity contribution in [3.05, 3.63) is 53.8 Å². The molecular formula is C15H13ClO3. The minimum Gasteiger partial charge on any atom is -0.475 e. The Morgan fingerprint density at radius 2 is 1.95 bits per heavy atom. The zero-order chi connectivity index (χ0) is 13.7. The van der Waals surface area contributed by atoms with Gasteiger partial charge in [0.15, 0.2) is 0 Å². The summed E-state index contributed by atoms with van der Waals surface area (Å²) >= 11 is 5.59. The summed E-state index contributed by atoms with van der Waals surface area (Å²) in [5.41, 5.74) is 1.92. The van der Waals surface area contributed by atoms with Crippen LogP contribution in [-0.2, 0) is 0 Å². The lowest BCUT2D eigenvalue weighted by atomic mass is 10.1. The van der Waals surface area contributed by atoms with Crippen molar-refractivity contribution in [3.8, 4) is 11.3 Å². The van der Waals surface area contributed by atoms with E-state index in [1.807, 2.05) is 36.4 Å². The van der Waals surface area contributed by atoms with Crippen LogP contribution < -0.4 is 0 Å². The fourth-order valence-corrected chi connectivity index (χ4v) is 1.77. The molecule has 0 atom stereocenters. The van der Waals surface area contributed by atoms with Crippen LogP contribution in [-0.4, -0.2) is 17.0 Å². The van der Waals surface area contributed by atoms with E-state index in [1.54, 1.807) is 6.07 Å². The smallest absolute Gasteiger partial charge is 0.371 e. The summed E-state index contributed by atoms with van der Waals surface area (Å²) in [5, 5.41) is 8.80. The molecule has 0 saturated carbocycles. The van der Waals surface area contributed by atoms with Gasteiger partial charge in [-0.2, -0.15) is 0 Å². The van der Waals surface area contributed by atoms with E-state index in [1.165, 1.54) is 6.07 Å². The maximum atomic E-state index is 10.7. The number of allylic oxidation sites excluding steroid dienone is 1. The molecule has 1 N–H and O–H groups in total. The van der Waals surface area contributed by atoms with Gasteiger partial charge in [0.1, 0.15) is 5.76 Å². The van der Waals surface area contributed by atoms with Crippen LogP contribution in [0.5, 0.6) is 0 Å². The molecule has 4 heteroatoms. The Hall–Kier alpha value is -2.00. The van der Waals surface area contributed by atoms with Gasteiger partial charge in [-0.1, -0.05) is 36.4 Å². The Kier molecular flexibility index (Phi) is 4.42. The van der Waals surface area contributed by atoms with Gasteiger partial charge in [0.05, 0.1) is 0 Å². The average molecular weight is 277 g/mol. The van der Waals surface area contributed by atoms with Crippen molar-refractivity contribution in [2.75, 3.05) is 5.88 Å². The normalized spacial score (nSPS) is 11.0. The van der Waals surface area contributed by atoms with Crippen molar-refractivity contribution in [3.63, 3.8) is 0 Å². The second-order valence-electron chi connectivity index (χ2n) is 3.97.